The molecule has 0 amide bonds. The molecule has 0 saturated heterocycles. The van der Waals surface area contributed by atoms with Crippen molar-refractivity contribution in [3.63, 3.8) is 0 Å². The summed E-state index contributed by atoms with van der Waals surface area (Å²) in [4.78, 5) is 12.7. The van der Waals surface area contributed by atoms with Crippen LogP contribution in [0, 0.1) is 0 Å². The Morgan fingerprint density at radius 3 is 2.50 bits per heavy atom. The van der Waals surface area contributed by atoms with Gasteiger partial charge in [-0.15, -0.1) is 5.10 Å². The van der Waals surface area contributed by atoms with Crippen LogP contribution in [-0.4, -0.2) is 28.3 Å². The van der Waals surface area contributed by atoms with Crippen molar-refractivity contribution < 1.29 is 9.47 Å². The highest BCUT2D eigenvalue weighted by Gasteiger charge is 2.15. The molecule has 0 aliphatic rings. The van der Waals surface area contributed by atoms with Gasteiger partial charge in [-0.25, -0.2) is 0 Å². The van der Waals surface area contributed by atoms with Gasteiger partial charge < -0.3 is 15.2 Å². The zero-order valence-corrected chi connectivity index (χ0v) is 20.8. The average molecular weight is 520 g/mol. The molecule has 10 heteroatoms. The smallest absolute Gasteiger partial charge is 0.294 e. The molecule has 3 aromatic carbocycles. The van der Waals surface area contributed by atoms with E-state index in [2.05, 4.69) is 15.3 Å². The number of halogens is 1. The van der Waals surface area contributed by atoms with E-state index in [1.807, 2.05) is 36.4 Å². The maximum atomic E-state index is 12.7. The van der Waals surface area contributed by atoms with Crippen LogP contribution >= 0.6 is 23.4 Å². The van der Waals surface area contributed by atoms with Gasteiger partial charge >= 0.3 is 0 Å². The van der Waals surface area contributed by atoms with Gasteiger partial charge in [-0.3, -0.25) is 4.79 Å². The Balaban J connectivity index is 1.45. The van der Waals surface area contributed by atoms with Crippen LogP contribution in [0.5, 0.6) is 17.2 Å². The van der Waals surface area contributed by atoms with E-state index in [9.17, 15) is 4.79 Å². The van der Waals surface area contributed by atoms with Crippen LogP contribution in [0.4, 0.5) is 0 Å². The van der Waals surface area contributed by atoms with Gasteiger partial charge in [-0.1, -0.05) is 71.9 Å². The number of ether oxygens (including phenoxy) is 2. The van der Waals surface area contributed by atoms with Gasteiger partial charge in [0.05, 0.1) is 25.2 Å². The van der Waals surface area contributed by atoms with Gasteiger partial charge in [-0.2, -0.15) is 14.9 Å². The Hall–Kier alpha value is -4.08. The summed E-state index contributed by atoms with van der Waals surface area (Å²) in [5.41, 5.74) is 7.90. The maximum Gasteiger partial charge on any atom is 0.294 e. The first-order chi connectivity index (χ1) is 17.5. The van der Waals surface area contributed by atoms with E-state index in [0.29, 0.717) is 33.7 Å². The van der Waals surface area contributed by atoms with Gasteiger partial charge in [0, 0.05) is 5.75 Å². The molecule has 8 nitrogen and oxygen atoms in total. The molecule has 0 spiro atoms. The summed E-state index contributed by atoms with van der Waals surface area (Å²) in [5, 5.41) is 12.5. The summed E-state index contributed by atoms with van der Waals surface area (Å²) < 4.78 is 12.5. The quantitative estimate of drug-likeness (QED) is 0.193. The number of hydrogen-bond acceptors (Lipinski definition) is 7. The standard InChI is InChI=1S/C26H22ClN5O3S/c1-34-22-14-19(15-29-31-26(28)36-17-18-8-4-2-5-9-18)12-13-21(22)35-23-16-30-32(25(33)24(23)27)20-10-6-3-7-11-20/h2-16H,17H2,1H3,(H2,28,31). The summed E-state index contributed by atoms with van der Waals surface area (Å²) in [5.74, 6) is 1.59. The molecule has 1 aromatic heterocycles. The van der Waals surface area contributed by atoms with Gasteiger partial charge in [0.25, 0.3) is 5.56 Å². The van der Waals surface area contributed by atoms with Crippen molar-refractivity contribution in [3.05, 3.63) is 112 Å². The Kier molecular flexibility index (Phi) is 8.38. The number of hydrogen-bond donors (Lipinski definition) is 1. The van der Waals surface area contributed by atoms with Gasteiger partial charge in [0.2, 0.25) is 0 Å². The predicted octanol–water partition coefficient (Wildman–Crippen LogP) is 5.27. The first kappa shape index (κ1) is 25.0. The number of nitrogens with zero attached hydrogens (tertiary/aromatic N) is 4. The molecule has 0 atom stereocenters. The van der Waals surface area contributed by atoms with Crippen LogP contribution in [0.1, 0.15) is 11.1 Å². The van der Waals surface area contributed by atoms with Crippen LogP contribution in [0.3, 0.4) is 0 Å². The fraction of sp³-hybridized carbons (Fsp3) is 0.0769. The Labute approximate surface area is 217 Å². The van der Waals surface area contributed by atoms with E-state index in [1.54, 1.807) is 48.7 Å². The Morgan fingerprint density at radius 2 is 1.78 bits per heavy atom. The van der Waals surface area contributed by atoms with Crippen molar-refractivity contribution in [2.45, 2.75) is 5.75 Å². The van der Waals surface area contributed by atoms with Crippen LogP contribution < -0.4 is 20.8 Å². The molecular formula is C26H22ClN5O3S. The van der Waals surface area contributed by atoms with Crippen molar-refractivity contribution in [2.75, 3.05) is 7.11 Å². The van der Waals surface area contributed by atoms with Crippen molar-refractivity contribution in [2.24, 2.45) is 15.9 Å². The van der Waals surface area contributed by atoms with Crippen LogP contribution in [0.25, 0.3) is 5.69 Å². The molecule has 0 radical (unpaired) electrons. The highest BCUT2D eigenvalue weighted by molar-refractivity contribution is 8.13. The molecule has 1 heterocycles. The third-order valence-electron chi connectivity index (χ3n) is 4.89. The zero-order chi connectivity index (χ0) is 25.3. The summed E-state index contributed by atoms with van der Waals surface area (Å²) in [6, 6.07) is 24.1. The normalized spacial score (nSPS) is 11.6. The molecule has 4 aromatic rings. The van der Waals surface area contributed by atoms with E-state index in [-0.39, 0.29) is 10.8 Å². The third-order valence-corrected chi connectivity index (χ3v) is 6.09. The number of nitrogens with two attached hydrogens (primary N) is 1. The minimum absolute atomic E-state index is 0.0978. The molecule has 0 unspecified atom stereocenters. The maximum absolute atomic E-state index is 12.7. The van der Waals surface area contributed by atoms with E-state index in [0.717, 1.165) is 5.56 Å². The number of amidine groups is 1. The molecule has 4 rings (SSSR count). The molecule has 182 valence electrons. The molecule has 0 fully saturated rings. The number of methoxy groups -OCH3 is 1. The minimum Gasteiger partial charge on any atom is -0.493 e. The van der Waals surface area contributed by atoms with Gasteiger partial charge in [-0.05, 0) is 41.5 Å². The Morgan fingerprint density at radius 1 is 1.06 bits per heavy atom. The summed E-state index contributed by atoms with van der Waals surface area (Å²) >= 11 is 7.70. The molecule has 0 aliphatic heterocycles. The van der Waals surface area contributed by atoms with E-state index >= 15 is 0 Å². The minimum atomic E-state index is -0.497. The predicted molar refractivity (Wildman–Crippen MR) is 145 cm³/mol. The number of benzene rings is 3. The van der Waals surface area contributed by atoms with E-state index in [4.69, 9.17) is 26.8 Å². The number of thioether (sulfide) groups is 1. The largest absolute Gasteiger partial charge is 0.493 e. The van der Waals surface area contributed by atoms with Gasteiger partial charge in [0.1, 0.15) is 0 Å². The monoisotopic (exact) mass is 519 g/mol. The number of aromatic nitrogens is 2. The third kappa shape index (κ3) is 6.32. The molecule has 0 saturated carbocycles. The lowest BCUT2D eigenvalue weighted by atomic mass is 10.2. The molecule has 0 bridgehead atoms. The second kappa shape index (κ2) is 12.1. The van der Waals surface area contributed by atoms with Crippen molar-refractivity contribution in [1.82, 2.24) is 9.78 Å². The molecular weight excluding hydrogens is 498 g/mol. The summed E-state index contributed by atoms with van der Waals surface area (Å²) in [7, 11) is 1.51. The van der Waals surface area contributed by atoms with Crippen molar-refractivity contribution >= 4 is 34.7 Å². The topological polar surface area (TPSA) is 104 Å². The molecule has 0 aliphatic carbocycles. The second-order valence-corrected chi connectivity index (χ2v) is 8.72. The number of para-hydroxylation sites is 1. The summed E-state index contributed by atoms with van der Waals surface area (Å²) in [6.07, 6.45) is 2.94. The summed E-state index contributed by atoms with van der Waals surface area (Å²) in [6.45, 7) is 0. The fourth-order valence-electron chi connectivity index (χ4n) is 3.12. The first-order valence-corrected chi connectivity index (χ1v) is 12.1. The lowest BCUT2D eigenvalue weighted by molar-refractivity contribution is 0.377. The van der Waals surface area contributed by atoms with Gasteiger partial charge in [0.15, 0.2) is 27.4 Å². The highest BCUT2D eigenvalue weighted by atomic mass is 35.5. The molecule has 36 heavy (non-hydrogen) atoms. The average Bonchev–Trinajstić information content (AvgIpc) is 2.92. The van der Waals surface area contributed by atoms with E-state index < -0.39 is 5.56 Å². The fourth-order valence-corrected chi connectivity index (χ4v) is 3.90. The second-order valence-electron chi connectivity index (χ2n) is 7.34. The lowest BCUT2D eigenvalue weighted by Crippen LogP contribution is -2.21. The SMILES string of the molecule is COc1cc(C=NN=C(N)SCc2ccccc2)ccc1Oc1cnn(-c2ccccc2)c(=O)c1Cl. The first-order valence-electron chi connectivity index (χ1n) is 10.8. The van der Waals surface area contributed by atoms with Crippen LogP contribution in [0.15, 0.2) is 100 Å². The highest BCUT2D eigenvalue weighted by Crippen LogP contribution is 2.34. The van der Waals surface area contributed by atoms with E-state index in [1.165, 1.54) is 29.8 Å². The lowest BCUT2D eigenvalue weighted by Gasteiger charge is -2.12. The zero-order valence-electron chi connectivity index (χ0n) is 19.2. The number of rotatable bonds is 8. The molecule has 2 N–H and O–H groups in total. The Bertz CT molecular complexity index is 1440. The van der Waals surface area contributed by atoms with Crippen molar-refractivity contribution in [3.8, 4) is 22.9 Å². The van der Waals surface area contributed by atoms with Crippen LogP contribution in [0.2, 0.25) is 5.02 Å². The van der Waals surface area contributed by atoms with Crippen molar-refractivity contribution in [1.29, 1.82) is 0 Å². The van der Waals surface area contributed by atoms with Crippen LogP contribution in [-0.2, 0) is 5.75 Å².